The molecule has 0 saturated carbocycles. The topological polar surface area (TPSA) is 282 Å². The first-order chi connectivity index (χ1) is 47.8. The van der Waals surface area contributed by atoms with Crippen LogP contribution < -0.4 is 0 Å². The van der Waals surface area contributed by atoms with Crippen LogP contribution in [0.1, 0.15) is 215 Å². The number of cyclic esters (lactones) is 2. The lowest BCUT2D eigenvalue weighted by atomic mass is 9.68. The highest BCUT2D eigenvalue weighted by atomic mass is 16.7. The minimum Gasteiger partial charge on any atom is -0.457 e. The van der Waals surface area contributed by atoms with Crippen LogP contribution in [0.5, 0.6) is 0 Å². The number of allylic oxidation sites excluding steroid dienone is 1. The summed E-state index contributed by atoms with van der Waals surface area (Å²) in [5.41, 5.74) is -1.14. The Morgan fingerprint density at radius 1 is 0.657 bits per heavy atom. The van der Waals surface area contributed by atoms with Gasteiger partial charge >= 0.3 is 24.1 Å². The number of rotatable bonds is 15. The van der Waals surface area contributed by atoms with Crippen molar-refractivity contribution in [1.82, 2.24) is 29.0 Å². The lowest BCUT2D eigenvalue weighted by Gasteiger charge is -2.46. The smallest absolute Gasteiger partial charge is 0.420 e. The number of amides is 1. The number of nitrogens with zero attached hydrogens (tertiary/aromatic N) is 6. The molecule has 0 aromatic carbocycles. The zero-order valence-electron chi connectivity index (χ0n) is 64.9. The van der Waals surface area contributed by atoms with E-state index in [1.165, 1.54) is 23.3 Å². The van der Waals surface area contributed by atoms with Crippen molar-refractivity contribution in [1.29, 1.82) is 0 Å². The molecule has 2 unspecified atom stereocenters. The maximum absolute atomic E-state index is 14.7. The second kappa shape index (κ2) is 34.6. The van der Waals surface area contributed by atoms with Gasteiger partial charge in [0, 0.05) is 84.6 Å². The Morgan fingerprint density at radius 2 is 1.22 bits per heavy atom. The van der Waals surface area contributed by atoms with E-state index in [0.29, 0.717) is 63.1 Å². The van der Waals surface area contributed by atoms with E-state index in [0.717, 1.165) is 29.8 Å². The lowest BCUT2D eigenvalue weighted by Crippen LogP contribution is -2.59. The third kappa shape index (κ3) is 18.6. The van der Waals surface area contributed by atoms with Gasteiger partial charge in [0.15, 0.2) is 41.1 Å². The van der Waals surface area contributed by atoms with Gasteiger partial charge in [-0.15, -0.1) is 0 Å². The largest absolute Gasteiger partial charge is 0.457 e. The molecule has 0 spiro atoms. The predicted molar refractivity (Wildman–Crippen MR) is 383 cm³/mol. The van der Waals surface area contributed by atoms with Crippen LogP contribution in [-0.2, 0) is 73.2 Å². The van der Waals surface area contributed by atoms with Crippen molar-refractivity contribution in [2.24, 2.45) is 70.0 Å². The molecule has 5 aliphatic rings. The number of aliphatic hydroxyl groups excluding tert-OH is 1. The number of pyridine rings is 1. The van der Waals surface area contributed by atoms with Gasteiger partial charge in [-0.3, -0.25) is 33.8 Å². The zero-order valence-corrected chi connectivity index (χ0v) is 64.9. The van der Waals surface area contributed by atoms with Crippen molar-refractivity contribution < 1.29 is 81.4 Å². The number of aliphatic hydroxyl groups is 1. The number of ketones is 4. The van der Waals surface area contributed by atoms with E-state index >= 15 is 0 Å². The number of hydrogen-bond donors (Lipinski definition) is 1. The van der Waals surface area contributed by atoms with Crippen molar-refractivity contribution in [2.75, 3.05) is 6.54 Å². The Balaban J connectivity index is 0.000000294. The first-order valence-electron chi connectivity index (χ1n) is 37.5. The van der Waals surface area contributed by atoms with Gasteiger partial charge in [0.1, 0.15) is 42.3 Å². The van der Waals surface area contributed by atoms with Crippen LogP contribution in [-0.4, -0.2) is 160 Å². The van der Waals surface area contributed by atoms with Crippen molar-refractivity contribution in [3.63, 3.8) is 0 Å². The molecule has 568 valence electrons. The van der Waals surface area contributed by atoms with Crippen LogP contribution in [0.15, 0.2) is 61.2 Å². The number of aromatic nitrogens is 5. The molecule has 0 bridgehead atoms. The summed E-state index contributed by atoms with van der Waals surface area (Å²) in [6, 6.07) is 3.22. The molecule has 22 atom stereocenters. The normalized spacial score (nSPS) is 36.6. The van der Waals surface area contributed by atoms with E-state index in [1.54, 1.807) is 65.8 Å². The van der Waals surface area contributed by atoms with E-state index in [1.807, 2.05) is 119 Å². The van der Waals surface area contributed by atoms with Crippen LogP contribution in [0.4, 0.5) is 9.59 Å². The van der Waals surface area contributed by atoms with E-state index in [-0.39, 0.29) is 60.0 Å². The molecular formula is C79H120N6O17. The highest BCUT2D eigenvalue weighted by molar-refractivity contribution is 6.01. The summed E-state index contributed by atoms with van der Waals surface area (Å²) in [7, 11) is 0. The number of esters is 2. The maximum atomic E-state index is 14.7. The molecule has 1 N–H and O–H groups in total. The minimum absolute atomic E-state index is 0.00343. The fourth-order valence-electron chi connectivity index (χ4n) is 16.9. The summed E-state index contributed by atoms with van der Waals surface area (Å²) < 4.78 is 53.4. The van der Waals surface area contributed by atoms with Gasteiger partial charge < -0.3 is 52.5 Å². The number of Topliss-reactive ketones (excluding diaryl/α,β-unsaturated/α-hetero) is 4. The molecule has 102 heavy (non-hydrogen) atoms. The summed E-state index contributed by atoms with van der Waals surface area (Å²) >= 11 is 0. The van der Waals surface area contributed by atoms with Gasteiger partial charge in [-0.25, -0.2) is 24.1 Å². The van der Waals surface area contributed by atoms with Crippen LogP contribution in [0.2, 0.25) is 0 Å². The van der Waals surface area contributed by atoms with Gasteiger partial charge in [0.25, 0.3) is 0 Å². The molecule has 4 fully saturated rings. The van der Waals surface area contributed by atoms with Gasteiger partial charge in [0.2, 0.25) is 0 Å². The number of aryl methyl sites for hydroxylation is 2. The average Bonchev–Trinajstić information content (AvgIpc) is 1.57. The molecule has 8 rings (SSSR count). The summed E-state index contributed by atoms with van der Waals surface area (Å²) in [6.45, 7) is 42.2. The van der Waals surface area contributed by atoms with Crippen molar-refractivity contribution in [3.05, 3.63) is 66.9 Å². The molecule has 5 aliphatic heterocycles. The number of ether oxygens (including phenoxy) is 8. The Hall–Kier alpha value is -6.53. The molecule has 1 amide bonds. The summed E-state index contributed by atoms with van der Waals surface area (Å²) in [4.78, 5) is 126. The number of hydrogen-bond acceptors (Lipinski definition) is 20. The monoisotopic (exact) mass is 1420 g/mol. The van der Waals surface area contributed by atoms with E-state index in [4.69, 9.17) is 37.9 Å². The predicted octanol–water partition coefficient (Wildman–Crippen LogP) is 13.5. The summed E-state index contributed by atoms with van der Waals surface area (Å²) in [6.07, 6.45) is 8.99. The quantitative estimate of drug-likeness (QED) is 0.0640. The molecular weight excluding hydrogens is 1300 g/mol. The first kappa shape index (κ1) is 82.8. The fourth-order valence-corrected chi connectivity index (χ4v) is 16.9. The molecule has 3 aromatic rings. The van der Waals surface area contributed by atoms with E-state index < -0.39 is 137 Å². The van der Waals surface area contributed by atoms with E-state index in [2.05, 4.69) is 28.8 Å². The van der Waals surface area contributed by atoms with Crippen molar-refractivity contribution in [2.45, 2.75) is 296 Å². The summed E-state index contributed by atoms with van der Waals surface area (Å²) in [5, 5.41) is 11.1. The Kier molecular flexibility index (Phi) is 28.1. The fraction of sp³-hybridized carbons (Fsp3) is 0.734. The lowest BCUT2D eigenvalue weighted by molar-refractivity contribution is -0.284. The van der Waals surface area contributed by atoms with Gasteiger partial charge in [-0.1, -0.05) is 111 Å². The highest BCUT2D eigenvalue weighted by Gasteiger charge is 2.62. The SMILES string of the molecule is CC[C@H]1OC(=O)[C@H](C)C(=O)[C@H](C)[C@@H](OC2O[C@H](C)C[C@H](C)[C@H]2C)C(C)(C)C[C@@H](C)C(=O)/C(C)=C/[C@]1(CC)OC(=O)n1ccnc1.CC[C@H]1OC(=O)[C@H](C)C(=O)[C@H](C)[C@@H](OC2O[C@H](C)C[C@H](C)[C@H]2O)C(C)(C)C[C@@H](C)C(=O)[C@H](C)[C@H]2N(CCCCn3cnc(-c4ccc(C)nc4)c3)C(=O)O[C@]12CC. The summed E-state index contributed by atoms with van der Waals surface area (Å²) in [5.74, 6) is -7.39. The Bertz CT molecular complexity index is 3400. The molecule has 4 saturated heterocycles. The molecule has 0 aliphatic carbocycles. The Labute approximate surface area is 605 Å². The van der Waals surface area contributed by atoms with Crippen LogP contribution >= 0.6 is 0 Å². The zero-order chi connectivity index (χ0) is 75.8. The minimum atomic E-state index is -1.47. The molecule has 3 aromatic heterocycles. The van der Waals surface area contributed by atoms with Gasteiger partial charge in [0.05, 0.1) is 42.5 Å². The van der Waals surface area contributed by atoms with Gasteiger partial charge in [-0.2, -0.15) is 0 Å². The van der Waals surface area contributed by atoms with Crippen LogP contribution in [0.25, 0.3) is 11.3 Å². The third-order valence-corrected chi connectivity index (χ3v) is 22.9. The molecule has 23 heteroatoms. The third-order valence-electron chi connectivity index (χ3n) is 22.9. The molecule has 0 radical (unpaired) electrons. The van der Waals surface area contributed by atoms with Crippen LogP contribution in [0.3, 0.4) is 0 Å². The van der Waals surface area contributed by atoms with E-state index in [9.17, 15) is 43.5 Å². The van der Waals surface area contributed by atoms with Crippen LogP contribution in [0, 0.1) is 76.9 Å². The highest BCUT2D eigenvalue weighted by Crippen LogP contribution is 2.47. The standard InChI is InChI=1S/C44H66N4O9.C35H54N2O8/c1-12-34-44(13-2)38(48(42(53)57-44)19-15-14-18-47-23-33(46-24-47)32-17-16-27(5)45-22-32)29(7)35(49)26(4)21-43(10,11)39(30(8)37(51)31(9)40(52)55-34)56-41-36(50)25(3)20-28(6)54-41;1-12-27-35(13-2,45-33(41)37-15-14-36-19-37)18-22(5)28(38)21(4)17-34(10,11)30(25(8)29(39)26(9)31(40)43-27)44-32-24(7)20(3)16-23(6)42-32/h16-17,22-26,28-31,34,36,38-39,41,50H,12-15,18-21H2,1-11H3;14-15,18-21,23-27,30,32H,12-13,16-17H2,1-11H3/b;22-18+/t25-,26+,28+,29-,30-,31+,34+,36+,38+,39+,41?,44+;20-,21+,23+,24+,25-,26+,27+,30+,32?,35-/m00/s1. The van der Waals surface area contributed by atoms with Gasteiger partial charge in [-0.05, 0) is 152 Å². The number of fused-ring (bicyclic) bond motifs is 1. The number of unbranched alkanes of at least 4 members (excludes halogenated alkanes) is 1. The number of carbonyl (C=O) groups is 8. The van der Waals surface area contributed by atoms with Crippen molar-refractivity contribution >= 4 is 47.3 Å². The molecule has 23 nitrogen and oxygen atoms in total. The first-order valence-corrected chi connectivity index (χ1v) is 37.5. The number of carbonyl (C=O) groups excluding carboxylic acids is 8. The average molecular weight is 1430 g/mol. The second-order valence-corrected chi connectivity index (χ2v) is 31.9. The molecule has 8 heterocycles. The second-order valence-electron chi connectivity index (χ2n) is 31.9. The Morgan fingerprint density at radius 3 is 1.76 bits per heavy atom. The number of imidazole rings is 2. The van der Waals surface area contributed by atoms with Crippen molar-refractivity contribution in [3.8, 4) is 11.3 Å². The maximum Gasteiger partial charge on any atom is 0.420 e.